The summed E-state index contributed by atoms with van der Waals surface area (Å²) in [7, 11) is 0. The van der Waals surface area contributed by atoms with Crippen molar-refractivity contribution in [3.05, 3.63) is 57.5 Å². The molecule has 2 N–H and O–H groups in total. The van der Waals surface area contributed by atoms with E-state index in [4.69, 9.17) is 32.7 Å². The third-order valence-electron chi connectivity index (χ3n) is 4.41. The normalized spacial score (nSPS) is 15.6. The van der Waals surface area contributed by atoms with Crippen LogP contribution < -0.4 is 5.32 Å². The first kappa shape index (κ1) is 16.9. The molecule has 1 fully saturated rings. The fourth-order valence-corrected chi connectivity index (χ4v) is 3.19. The zero-order valence-corrected chi connectivity index (χ0v) is 14.2. The van der Waals surface area contributed by atoms with Gasteiger partial charge in [-0.2, -0.15) is 0 Å². The van der Waals surface area contributed by atoms with Crippen LogP contribution in [0.15, 0.2) is 34.7 Å². The second kappa shape index (κ2) is 6.49. The second-order valence-electron chi connectivity index (χ2n) is 5.82. The number of nitrogens with one attached hydrogen (secondary N) is 1. The van der Waals surface area contributed by atoms with Crippen LogP contribution in [0, 0.1) is 0 Å². The predicted molar refractivity (Wildman–Crippen MR) is 89.5 cm³/mol. The van der Waals surface area contributed by atoms with E-state index in [9.17, 15) is 9.59 Å². The number of benzene rings is 1. The Bertz CT molecular complexity index is 796. The van der Waals surface area contributed by atoms with Gasteiger partial charge in [0.05, 0.1) is 22.0 Å². The molecule has 1 aliphatic rings. The summed E-state index contributed by atoms with van der Waals surface area (Å²) in [6.07, 6.45) is 2.42. The van der Waals surface area contributed by atoms with Crippen LogP contribution in [-0.4, -0.2) is 17.0 Å². The Hall–Kier alpha value is -1.98. The van der Waals surface area contributed by atoms with Crippen LogP contribution in [0.5, 0.6) is 0 Å². The van der Waals surface area contributed by atoms with Gasteiger partial charge in [-0.3, -0.25) is 4.79 Å². The minimum atomic E-state index is -1.14. The largest absolute Gasteiger partial charge is 0.475 e. The summed E-state index contributed by atoms with van der Waals surface area (Å²) in [5, 5.41) is 12.5. The van der Waals surface area contributed by atoms with E-state index in [0.29, 0.717) is 15.8 Å². The highest BCUT2D eigenvalue weighted by molar-refractivity contribution is 6.42. The number of furan rings is 1. The summed E-state index contributed by atoms with van der Waals surface area (Å²) in [5.74, 6) is -1.02. The number of carbonyl (C=O) groups is 2. The number of halogens is 2. The lowest BCUT2D eigenvalue weighted by Crippen LogP contribution is -2.49. The van der Waals surface area contributed by atoms with Crippen molar-refractivity contribution in [3.63, 3.8) is 0 Å². The average Bonchev–Trinajstić information content (AvgIpc) is 2.97. The first-order valence-corrected chi connectivity index (χ1v) is 8.24. The van der Waals surface area contributed by atoms with E-state index in [2.05, 4.69) is 5.32 Å². The Kier molecular flexibility index (Phi) is 4.56. The SMILES string of the molecule is O=C(O)c1ccc(CNC(=O)C2(c3ccc(Cl)c(Cl)c3)CCC2)o1. The summed E-state index contributed by atoms with van der Waals surface area (Å²) in [4.78, 5) is 23.5. The smallest absolute Gasteiger partial charge is 0.371 e. The van der Waals surface area contributed by atoms with Gasteiger partial charge in [0.2, 0.25) is 11.7 Å². The average molecular weight is 368 g/mol. The standard InChI is InChI=1S/C17H15Cl2NO4/c18-12-4-2-10(8-13(12)19)17(6-1-7-17)16(23)20-9-11-3-5-14(24-11)15(21)22/h2-5,8H,1,6-7,9H2,(H,20,23)(H,21,22). The molecule has 1 aromatic carbocycles. The summed E-state index contributed by atoms with van der Waals surface area (Å²) >= 11 is 12.0. The number of carboxylic acids is 1. The zero-order chi connectivity index (χ0) is 17.3. The van der Waals surface area contributed by atoms with Gasteiger partial charge in [-0.15, -0.1) is 0 Å². The highest BCUT2D eigenvalue weighted by Crippen LogP contribution is 2.45. The summed E-state index contributed by atoms with van der Waals surface area (Å²) in [6.45, 7) is 0.134. The molecular weight excluding hydrogens is 353 g/mol. The van der Waals surface area contributed by atoms with E-state index in [-0.39, 0.29) is 18.2 Å². The maximum absolute atomic E-state index is 12.7. The van der Waals surface area contributed by atoms with Crippen LogP contribution in [-0.2, 0) is 16.8 Å². The van der Waals surface area contributed by atoms with Crippen LogP contribution in [0.25, 0.3) is 0 Å². The van der Waals surface area contributed by atoms with Crippen molar-refractivity contribution in [2.75, 3.05) is 0 Å². The lowest BCUT2D eigenvalue weighted by Gasteiger charge is -2.40. The molecule has 1 saturated carbocycles. The van der Waals surface area contributed by atoms with Gasteiger partial charge in [-0.05, 0) is 42.7 Å². The van der Waals surface area contributed by atoms with E-state index in [1.807, 2.05) is 6.07 Å². The van der Waals surface area contributed by atoms with Crippen molar-refractivity contribution in [1.82, 2.24) is 5.32 Å². The molecule has 3 rings (SSSR count). The van der Waals surface area contributed by atoms with E-state index in [1.54, 1.807) is 12.1 Å². The Labute approximate surface area is 148 Å². The molecule has 0 saturated heterocycles. The van der Waals surface area contributed by atoms with E-state index >= 15 is 0 Å². The monoisotopic (exact) mass is 367 g/mol. The van der Waals surface area contributed by atoms with Gasteiger partial charge in [0.1, 0.15) is 5.76 Å². The number of hydrogen-bond donors (Lipinski definition) is 2. The Morgan fingerprint density at radius 1 is 1.17 bits per heavy atom. The van der Waals surface area contributed by atoms with E-state index < -0.39 is 11.4 Å². The van der Waals surface area contributed by atoms with Gasteiger partial charge in [0.25, 0.3) is 0 Å². The molecule has 1 aliphatic carbocycles. The molecule has 0 aliphatic heterocycles. The van der Waals surface area contributed by atoms with Crippen molar-refractivity contribution in [3.8, 4) is 0 Å². The van der Waals surface area contributed by atoms with Crippen LogP contribution >= 0.6 is 23.2 Å². The molecule has 24 heavy (non-hydrogen) atoms. The quantitative estimate of drug-likeness (QED) is 0.835. The van der Waals surface area contributed by atoms with E-state index in [1.165, 1.54) is 12.1 Å². The van der Waals surface area contributed by atoms with Gasteiger partial charge in [-0.25, -0.2) is 4.79 Å². The van der Waals surface area contributed by atoms with Crippen molar-refractivity contribution >= 4 is 35.1 Å². The molecule has 1 aromatic heterocycles. The van der Waals surface area contributed by atoms with Crippen LogP contribution in [0.3, 0.4) is 0 Å². The summed E-state index contributed by atoms with van der Waals surface area (Å²) < 4.78 is 5.15. The second-order valence-corrected chi connectivity index (χ2v) is 6.63. The first-order chi connectivity index (χ1) is 11.4. The molecule has 1 heterocycles. The highest BCUT2D eigenvalue weighted by Gasteiger charge is 2.45. The van der Waals surface area contributed by atoms with Crippen molar-refractivity contribution in [2.45, 2.75) is 31.2 Å². The number of rotatable bonds is 5. The predicted octanol–water partition coefficient (Wildman–Crippen LogP) is 4.02. The van der Waals surface area contributed by atoms with Crippen LogP contribution in [0.4, 0.5) is 0 Å². The Morgan fingerprint density at radius 2 is 1.92 bits per heavy atom. The van der Waals surface area contributed by atoms with E-state index in [0.717, 1.165) is 24.8 Å². The van der Waals surface area contributed by atoms with Crippen molar-refractivity contribution in [2.24, 2.45) is 0 Å². The number of carboxylic acid groups (broad SMARTS) is 1. The lowest BCUT2D eigenvalue weighted by molar-refractivity contribution is -0.130. The fraction of sp³-hybridized carbons (Fsp3) is 0.294. The molecule has 0 radical (unpaired) electrons. The van der Waals surface area contributed by atoms with Gasteiger partial charge in [0, 0.05) is 0 Å². The maximum atomic E-state index is 12.7. The highest BCUT2D eigenvalue weighted by atomic mass is 35.5. The van der Waals surface area contributed by atoms with Gasteiger partial charge in [-0.1, -0.05) is 35.7 Å². The van der Waals surface area contributed by atoms with Gasteiger partial charge >= 0.3 is 5.97 Å². The van der Waals surface area contributed by atoms with Crippen LogP contribution in [0.1, 0.15) is 41.1 Å². The van der Waals surface area contributed by atoms with Crippen LogP contribution in [0.2, 0.25) is 10.0 Å². The number of aromatic carboxylic acids is 1. The third kappa shape index (κ3) is 3.01. The van der Waals surface area contributed by atoms with Crippen molar-refractivity contribution in [1.29, 1.82) is 0 Å². The molecular formula is C17H15Cl2NO4. The third-order valence-corrected chi connectivity index (χ3v) is 5.15. The Morgan fingerprint density at radius 3 is 2.46 bits per heavy atom. The molecule has 0 unspecified atom stereocenters. The molecule has 5 nitrogen and oxygen atoms in total. The molecule has 7 heteroatoms. The molecule has 126 valence electrons. The summed E-state index contributed by atoms with van der Waals surface area (Å²) in [5.41, 5.74) is 0.225. The van der Waals surface area contributed by atoms with Gasteiger partial charge in [0.15, 0.2) is 0 Å². The summed E-state index contributed by atoms with van der Waals surface area (Å²) in [6, 6.07) is 8.15. The number of hydrogen-bond acceptors (Lipinski definition) is 3. The lowest BCUT2D eigenvalue weighted by atomic mass is 9.64. The van der Waals surface area contributed by atoms with Gasteiger partial charge < -0.3 is 14.8 Å². The minimum absolute atomic E-state index is 0.125. The minimum Gasteiger partial charge on any atom is -0.475 e. The molecule has 0 spiro atoms. The fourth-order valence-electron chi connectivity index (χ4n) is 2.90. The maximum Gasteiger partial charge on any atom is 0.371 e. The van der Waals surface area contributed by atoms with Crippen molar-refractivity contribution < 1.29 is 19.1 Å². The zero-order valence-electron chi connectivity index (χ0n) is 12.6. The first-order valence-electron chi connectivity index (χ1n) is 7.48. The number of carbonyl (C=O) groups excluding carboxylic acids is 1. The molecule has 2 aromatic rings. The molecule has 0 bridgehead atoms. The molecule has 1 amide bonds. The topological polar surface area (TPSA) is 79.5 Å². The number of amides is 1. The Balaban J connectivity index is 1.74. The molecule has 0 atom stereocenters.